The standard InChI is InChI=1S/C21H23ClF2N4O2/c1-27-8-10-28(11-9-27)19(15-4-2-3-5-16(15)22)13-25-20(29)21(30)26-14-6-7-17(23)18(24)12-14/h2-7,12,19H,8-11,13H2,1H3,(H,25,29)(H,26,30). The zero-order valence-electron chi connectivity index (χ0n) is 16.5. The quantitative estimate of drug-likeness (QED) is 0.707. The van der Waals surface area contributed by atoms with E-state index in [0.29, 0.717) is 5.02 Å². The number of nitrogens with zero attached hydrogens (tertiary/aromatic N) is 2. The van der Waals surface area contributed by atoms with E-state index in [-0.39, 0.29) is 18.3 Å². The van der Waals surface area contributed by atoms with Gasteiger partial charge in [0.15, 0.2) is 11.6 Å². The summed E-state index contributed by atoms with van der Waals surface area (Å²) in [5.41, 5.74) is 0.862. The fraction of sp³-hybridized carbons (Fsp3) is 0.333. The van der Waals surface area contributed by atoms with Gasteiger partial charge < -0.3 is 15.5 Å². The molecule has 6 nitrogen and oxygen atoms in total. The van der Waals surface area contributed by atoms with Crippen molar-refractivity contribution >= 4 is 29.1 Å². The number of hydrogen-bond donors (Lipinski definition) is 2. The molecular weight excluding hydrogens is 414 g/mol. The Bertz CT molecular complexity index is 920. The molecule has 1 saturated heterocycles. The molecule has 0 saturated carbocycles. The Balaban J connectivity index is 1.66. The number of halogens is 3. The Morgan fingerprint density at radius 1 is 1.03 bits per heavy atom. The van der Waals surface area contributed by atoms with Crippen LogP contribution in [-0.2, 0) is 9.59 Å². The first-order valence-corrected chi connectivity index (χ1v) is 9.94. The van der Waals surface area contributed by atoms with E-state index in [9.17, 15) is 18.4 Å². The summed E-state index contributed by atoms with van der Waals surface area (Å²) in [5, 5.41) is 5.48. The molecule has 2 aromatic carbocycles. The largest absolute Gasteiger partial charge is 0.346 e. The monoisotopic (exact) mass is 436 g/mol. The summed E-state index contributed by atoms with van der Waals surface area (Å²) in [4.78, 5) is 28.9. The third-order valence-electron chi connectivity index (χ3n) is 5.08. The van der Waals surface area contributed by atoms with Gasteiger partial charge in [0.2, 0.25) is 0 Å². The van der Waals surface area contributed by atoms with E-state index in [1.165, 1.54) is 6.07 Å². The Morgan fingerprint density at radius 3 is 2.40 bits per heavy atom. The van der Waals surface area contributed by atoms with Gasteiger partial charge in [-0.25, -0.2) is 8.78 Å². The zero-order chi connectivity index (χ0) is 21.7. The SMILES string of the molecule is CN1CCN(C(CNC(=O)C(=O)Nc2ccc(F)c(F)c2)c2ccccc2Cl)CC1. The van der Waals surface area contributed by atoms with Crippen LogP contribution in [0.3, 0.4) is 0 Å². The first-order valence-electron chi connectivity index (χ1n) is 9.56. The van der Waals surface area contributed by atoms with Crippen molar-refractivity contribution < 1.29 is 18.4 Å². The Hall–Kier alpha value is -2.55. The average molecular weight is 437 g/mol. The van der Waals surface area contributed by atoms with Crippen molar-refractivity contribution in [1.29, 1.82) is 0 Å². The highest BCUT2D eigenvalue weighted by Gasteiger charge is 2.27. The number of rotatable bonds is 5. The van der Waals surface area contributed by atoms with Gasteiger partial charge in [-0.2, -0.15) is 0 Å². The third kappa shape index (κ3) is 5.53. The minimum atomic E-state index is -1.11. The van der Waals surface area contributed by atoms with Crippen LogP contribution in [0.1, 0.15) is 11.6 Å². The zero-order valence-corrected chi connectivity index (χ0v) is 17.3. The summed E-state index contributed by atoms with van der Waals surface area (Å²) < 4.78 is 26.3. The number of piperazine rings is 1. The van der Waals surface area contributed by atoms with Crippen LogP contribution in [0.15, 0.2) is 42.5 Å². The lowest BCUT2D eigenvalue weighted by atomic mass is 10.0. The smallest absolute Gasteiger partial charge is 0.313 e. The van der Waals surface area contributed by atoms with Crippen LogP contribution in [0.2, 0.25) is 5.02 Å². The predicted molar refractivity (Wildman–Crippen MR) is 111 cm³/mol. The molecule has 0 aromatic heterocycles. The van der Waals surface area contributed by atoms with E-state index in [1.807, 2.05) is 25.2 Å². The van der Waals surface area contributed by atoms with E-state index < -0.39 is 23.4 Å². The van der Waals surface area contributed by atoms with Crippen molar-refractivity contribution in [2.75, 3.05) is 45.1 Å². The van der Waals surface area contributed by atoms with Crippen molar-refractivity contribution in [1.82, 2.24) is 15.1 Å². The second-order valence-electron chi connectivity index (χ2n) is 7.17. The van der Waals surface area contributed by atoms with Crippen LogP contribution < -0.4 is 10.6 Å². The van der Waals surface area contributed by atoms with Gasteiger partial charge >= 0.3 is 11.8 Å². The molecule has 1 heterocycles. The van der Waals surface area contributed by atoms with Crippen LogP contribution >= 0.6 is 11.6 Å². The summed E-state index contributed by atoms with van der Waals surface area (Å²) in [7, 11) is 2.05. The van der Waals surface area contributed by atoms with E-state index in [0.717, 1.165) is 43.9 Å². The van der Waals surface area contributed by atoms with Gasteiger partial charge in [-0.1, -0.05) is 29.8 Å². The highest BCUT2D eigenvalue weighted by atomic mass is 35.5. The fourth-order valence-electron chi connectivity index (χ4n) is 3.35. The van der Waals surface area contributed by atoms with Gasteiger partial charge in [-0.3, -0.25) is 14.5 Å². The molecule has 160 valence electrons. The van der Waals surface area contributed by atoms with Gasteiger partial charge in [0.1, 0.15) is 0 Å². The van der Waals surface area contributed by atoms with E-state index in [1.54, 1.807) is 6.07 Å². The van der Waals surface area contributed by atoms with Crippen molar-refractivity contribution in [2.45, 2.75) is 6.04 Å². The molecule has 2 N–H and O–H groups in total. The lowest BCUT2D eigenvalue weighted by molar-refractivity contribution is -0.136. The summed E-state index contributed by atoms with van der Waals surface area (Å²) >= 11 is 6.38. The van der Waals surface area contributed by atoms with Crippen molar-refractivity contribution in [3.8, 4) is 0 Å². The van der Waals surface area contributed by atoms with Gasteiger partial charge in [-0.15, -0.1) is 0 Å². The minimum absolute atomic E-state index is 0.00392. The maximum Gasteiger partial charge on any atom is 0.313 e. The topological polar surface area (TPSA) is 64.7 Å². The van der Waals surface area contributed by atoms with Crippen molar-refractivity contribution in [3.05, 3.63) is 64.7 Å². The molecule has 1 unspecified atom stereocenters. The summed E-state index contributed by atoms with van der Waals surface area (Å²) in [6.45, 7) is 3.53. The summed E-state index contributed by atoms with van der Waals surface area (Å²) in [6, 6.07) is 10.1. The Morgan fingerprint density at radius 2 is 1.73 bits per heavy atom. The number of anilines is 1. The molecule has 1 atom stereocenters. The van der Waals surface area contributed by atoms with Crippen LogP contribution in [0.25, 0.3) is 0 Å². The molecular formula is C21H23ClF2N4O2. The molecule has 1 aliphatic rings. The third-order valence-corrected chi connectivity index (χ3v) is 5.43. The average Bonchev–Trinajstić information content (AvgIpc) is 2.73. The second-order valence-corrected chi connectivity index (χ2v) is 7.58. The van der Waals surface area contributed by atoms with Gasteiger partial charge in [0, 0.05) is 49.5 Å². The molecule has 0 radical (unpaired) electrons. The van der Waals surface area contributed by atoms with Crippen LogP contribution in [-0.4, -0.2) is 61.4 Å². The van der Waals surface area contributed by atoms with E-state index >= 15 is 0 Å². The molecule has 30 heavy (non-hydrogen) atoms. The number of likely N-dealkylation sites (N-methyl/N-ethyl adjacent to an activating group) is 1. The molecule has 3 rings (SSSR count). The van der Waals surface area contributed by atoms with Gasteiger partial charge in [0.25, 0.3) is 0 Å². The maximum absolute atomic E-state index is 13.3. The number of amides is 2. The molecule has 1 fully saturated rings. The molecule has 1 aliphatic heterocycles. The molecule has 9 heteroatoms. The normalized spacial score (nSPS) is 16.1. The highest BCUT2D eigenvalue weighted by molar-refractivity contribution is 6.39. The highest BCUT2D eigenvalue weighted by Crippen LogP contribution is 2.28. The summed E-state index contributed by atoms with van der Waals surface area (Å²) in [6.07, 6.45) is 0. The Kier molecular flexibility index (Phi) is 7.36. The van der Waals surface area contributed by atoms with Gasteiger partial charge in [-0.05, 0) is 30.8 Å². The first-order chi connectivity index (χ1) is 14.3. The number of carbonyl (C=O) groups excluding carboxylic acids is 2. The maximum atomic E-state index is 13.3. The van der Waals surface area contributed by atoms with E-state index in [2.05, 4.69) is 20.4 Å². The number of nitrogens with one attached hydrogen (secondary N) is 2. The van der Waals surface area contributed by atoms with Gasteiger partial charge in [0.05, 0.1) is 6.04 Å². The van der Waals surface area contributed by atoms with Crippen LogP contribution in [0, 0.1) is 11.6 Å². The lowest BCUT2D eigenvalue weighted by Crippen LogP contribution is -2.49. The molecule has 0 bridgehead atoms. The Labute approximate surface area is 178 Å². The van der Waals surface area contributed by atoms with Crippen LogP contribution in [0.5, 0.6) is 0 Å². The summed E-state index contributed by atoms with van der Waals surface area (Å²) in [5.74, 6) is -3.97. The van der Waals surface area contributed by atoms with E-state index in [4.69, 9.17) is 11.6 Å². The van der Waals surface area contributed by atoms with Crippen molar-refractivity contribution in [3.63, 3.8) is 0 Å². The number of hydrogen-bond acceptors (Lipinski definition) is 4. The molecule has 2 amide bonds. The predicted octanol–water partition coefficient (Wildman–Crippen LogP) is 2.66. The number of carbonyl (C=O) groups is 2. The first kappa shape index (κ1) is 22.1. The molecule has 0 aliphatic carbocycles. The molecule has 2 aromatic rings. The van der Waals surface area contributed by atoms with Crippen LogP contribution in [0.4, 0.5) is 14.5 Å². The second kappa shape index (κ2) is 9.97. The minimum Gasteiger partial charge on any atom is -0.346 e. The molecule has 0 spiro atoms. The number of benzene rings is 2. The van der Waals surface area contributed by atoms with Crippen molar-refractivity contribution in [2.24, 2.45) is 0 Å². The lowest BCUT2D eigenvalue weighted by Gasteiger charge is -2.38. The fourth-order valence-corrected chi connectivity index (χ4v) is 3.61.